The van der Waals surface area contributed by atoms with E-state index in [1.54, 1.807) is 14.2 Å². The van der Waals surface area contributed by atoms with Crippen LogP contribution in [0.25, 0.3) is 0 Å². The second-order valence-corrected chi connectivity index (χ2v) is 5.26. The van der Waals surface area contributed by atoms with Crippen LogP contribution in [0.3, 0.4) is 0 Å². The van der Waals surface area contributed by atoms with Crippen molar-refractivity contribution in [3.05, 3.63) is 35.9 Å². The molecule has 1 unspecified atom stereocenters. The van der Waals surface area contributed by atoms with Crippen molar-refractivity contribution in [2.24, 2.45) is 0 Å². The van der Waals surface area contributed by atoms with E-state index in [-0.39, 0.29) is 0 Å². The zero-order chi connectivity index (χ0) is 10.4. The van der Waals surface area contributed by atoms with E-state index in [0.717, 1.165) is 6.04 Å². The maximum Gasteiger partial charge on any atom is 0.384 e. The van der Waals surface area contributed by atoms with Gasteiger partial charge in [-0.3, -0.25) is 0 Å². The molecule has 0 N–H and O–H groups in total. The Kier molecular flexibility index (Phi) is 4.86. The fourth-order valence-electron chi connectivity index (χ4n) is 1.40. The summed E-state index contributed by atoms with van der Waals surface area (Å²) in [6.07, 6.45) is 0. The molecule has 0 bridgehead atoms. The molecule has 1 aromatic carbocycles. The van der Waals surface area contributed by atoms with Crippen LogP contribution in [0, 0.1) is 0 Å². The topological polar surface area (TPSA) is 18.5 Å². The first-order chi connectivity index (χ1) is 6.77. The van der Waals surface area contributed by atoms with Crippen molar-refractivity contribution in [2.75, 3.05) is 14.2 Å². The van der Waals surface area contributed by atoms with Gasteiger partial charge in [0.15, 0.2) is 0 Å². The normalized spacial score (nSPS) is 13.1. The summed E-state index contributed by atoms with van der Waals surface area (Å²) in [6.45, 7) is 2.21. The molecule has 0 aliphatic carbocycles. The molecule has 2 nitrogen and oxygen atoms in total. The quantitative estimate of drug-likeness (QED) is 0.694. The molecule has 3 heteroatoms. The molecule has 1 aromatic rings. The molecule has 1 rings (SSSR count). The molecule has 0 aliphatic rings. The fraction of sp³-hybridized carbons (Fsp3) is 0.455. The molecule has 0 fully saturated rings. The van der Waals surface area contributed by atoms with Crippen LogP contribution < -0.4 is 0 Å². The molecule has 0 amide bonds. The van der Waals surface area contributed by atoms with Crippen molar-refractivity contribution < 1.29 is 8.85 Å². The van der Waals surface area contributed by atoms with Crippen molar-refractivity contribution in [1.29, 1.82) is 0 Å². The van der Waals surface area contributed by atoms with Crippen molar-refractivity contribution in [3.8, 4) is 0 Å². The van der Waals surface area contributed by atoms with E-state index in [2.05, 4.69) is 31.2 Å². The number of hydrogen-bond donors (Lipinski definition) is 0. The zero-order valence-corrected chi connectivity index (χ0v) is 9.99. The van der Waals surface area contributed by atoms with Gasteiger partial charge in [0.25, 0.3) is 0 Å². The van der Waals surface area contributed by atoms with Crippen LogP contribution in [-0.4, -0.2) is 23.5 Å². The van der Waals surface area contributed by atoms with Gasteiger partial charge in [0, 0.05) is 14.2 Å². The van der Waals surface area contributed by atoms with E-state index in [1.807, 2.05) is 6.07 Å². The van der Waals surface area contributed by atoms with E-state index >= 15 is 0 Å². The fourth-order valence-corrected chi connectivity index (χ4v) is 2.64. The molecular formula is C11H17O2Si. The van der Waals surface area contributed by atoms with Gasteiger partial charge in [-0.15, -0.1) is 0 Å². The average Bonchev–Trinajstić information content (AvgIpc) is 2.26. The van der Waals surface area contributed by atoms with Crippen LogP contribution in [0.1, 0.15) is 18.4 Å². The van der Waals surface area contributed by atoms with Crippen LogP contribution in [0.4, 0.5) is 0 Å². The molecule has 0 heterocycles. The van der Waals surface area contributed by atoms with Crippen molar-refractivity contribution in [1.82, 2.24) is 0 Å². The van der Waals surface area contributed by atoms with Gasteiger partial charge in [0.05, 0.1) is 0 Å². The van der Waals surface area contributed by atoms with Gasteiger partial charge in [-0.1, -0.05) is 37.3 Å². The lowest BCUT2D eigenvalue weighted by Gasteiger charge is -2.15. The minimum Gasteiger partial charge on any atom is -0.397 e. The summed E-state index contributed by atoms with van der Waals surface area (Å²) in [5, 5.41) is 0. The summed E-state index contributed by atoms with van der Waals surface area (Å²) in [6, 6.07) is 11.5. The lowest BCUT2D eigenvalue weighted by atomic mass is 10.0. The van der Waals surface area contributed by atoms with Crippen LogP contribution in [0.15, 0.2) is 30.3 Å². The van der Waals surface area contributed by atoms with Gasteiger partial charge < -0.3 is 8.85 Å². The molecule has 1 radical (unpaired) electrons. The summed E-state index contributed by atoms with van der Waals surface area (Å²) in [5.74, 6) is 0.505. The standard InChI is InChI=1S/C11H17O2Si/c1-10(9-14(12-2)13-3)11-7-5-4-6-8-11/h4-8,10H,9H2,1-3H3. The van der Waals surface area contributed by atoms with E-state index in [0.29, 0.717) is 5.92 Å². The third kappa shape index (κ3) is 3.25. The van der Waals surface area contributed by atoms with Crippen LogP contribution >= 0.6 is 0 Å². The summed E-state index contributed by atoms with van der Waals surface area (Å²) in [7, 11) is 2.37. The molecule has 0 saturated heterocycles. The SMILES string of the molecule is CO[Si](CC(C)c1ccccc1)OC. The van der Waals surface area contributed by atoms with Crippen molar-refractivity contribution in [3.63, 3.8) is 0 Å². The van der Waals surface area contributed by atoms with Gasteiger partial charge in [-0.2, -0.15) is 0 Å². The van der Waals surface area contributed by atoms with E-state index < -0.39 is 9.28 Å². The van der Waals surface area contributed by atoms with Crippen molar-refractivity contribution in [2.45, 2.75) is 18.9 Å². The minimum atomic E-state index is -1.07. The number of rotatable bonds is 5. The molecule has 77 valence electrons. The van der Waals surface area contributed by atoms with E-state index in [1.165, 1.54) is 5.56 Å². The number of hydrogen-bond acceptors (Lipinski definition) is 2. The Morgan fingerprint density at radius 2 is 1.71 bits per heavy atom. The second kappa shape index (κ2) is 5.96. The smallest absolute Gasteiger partial charge is 0.384 e. The predicted octanol–water partition coefficient (Wildman–Crippen LogP) is 2.57. The molecule has 0 aromatic heterocycles. The first-order valence-corrected chi connectivity index (χ1v) is 6.29. The Bertz CT molecular complexity index is 247. The largest absolute Gasteiger partial charge is 0.397 e. The predicted molar refractivity (Wildman–Crippen MR) is 59.4 cm³/mol. The Hall–Kier alpha value is -0.643. The van der Waals surface area contributed by atoms with Crippen LogP contribution in [-0.2, 0) is 8.85 Å². The van der Waals surface area contributed by atoms with Crippen LogP contribution in [0.5, 0.6) is 0 Å². The summed E-state index contributed by atoms with van der Waals surface area (Å²) in [4.78, 5) is 0. The van der Waals surface area contributed by atoms with E-state index in [9.17, 15) is 0 Å². The Balaban J connectivity index is 2.54. The highest BCUT2D eigenvalue weighted by Gasteiger charge is 2.17. The van der Waals surface area contributed by atoms with Gasteiger partial charge in [0.1, 0.15) is 0 Å². The maximum atomic E-state index is 5.27. The molecule has 0 saturated carbocycles. The monoisotopic (exact) mass is 209 g/mol. The first kappa shape index (κ1) is 11.4. The number of benzene rings is 1. The highest BCUT2D eigenvalue weighted by atomic mass is 28.3. The third-order valence-corrected chi connectivity index (χ3v) is 4.15. The van der Waals surface area contributed by atoms with E-state index in [4.69, 9.17) is 8.85 Å². The Labute approximate surface area is 87.7 Å². The highest BCUT2D eigenvalue weighted by molar-refractivity contribution is 6.44. The first-order valence-electron chi connectivity index (χ1n) is 4.76. The summed E-state index contributed by atoms with van der Waals surface area (Å²) in [5.41, 5.74) is 1.35. The minimum absolute atomic E-state index is 0.505. The van der Waals surface area contributed by atoms with Gasteiger partial charge in [-0.05, 0) is 17.5 Å². The molecular weight excluding hydrogens is 192 g/mol. The summed E-state index contributed by atoms with van der Waals surface area (Å²) < 4.78 is 10.5. The molecule has 14 heavy (non-hydrogen) atoms. The molecule has 1 atom stereocenters. The lowest BCUT2D eigenvalue weighted by molar-refractivity contribution is 0.275. The maximum absolute atomic E-state index is 5.27. The van der Waals surface area contributed by atoms with Gasteiger partial charge in [-0.25, -0.2) is 0 Å². The molecule has 0 spiro atoms. The second-order valence-electron chi connectivity index (χ2n) is 3.30. The van der Waals surface area contributed by atoms with Gasteiger partial charge >= 0.3 is 9.28 Å². The Morgan fingerprint density at radius 1 is 1.14 bits per heavy atom. The third-order valence-electron chi connectivity index (χ3n) is 2.30. The lowest BCUT2D eigenvalue weighted by Crippen LogP contribution is -2.21. The zero-order valence-electron chi connectivity index (χ0n) is 8.99. The molecule has 0 aliphatic heterocycles. The Morgan fingerprint density at radius 3 is 2.21 bits per heavy atom. The van der Waals surface area contributed by atoms with Gasteiger partial charge in [0.2, 0.25) is 0 Å². The van der Waals surface area contributed by atoms with Crippen molar-refractivity contribution >= 4 is 9.28 Å². The van der Waals surface area contributed by atoms with Crippen LogP contribution in [0.2, 0.25) is 6.04 Å². The highest BCUT2D eigenvalue weighted by Crippen LogP contribution is 2.20. The summed E-state index contributed by atoms with van der Waals surface area (Å²) >= 11 is 0. The average molecular weight is 209 g/mol.